The molecule has 34 heavy (non-hydrogen) atoms. The largest absolute Gasteiger partial charge is 0.480 e. The van der Waals surface area contributed by atoms with Gasteiger partial charge in [0.1, 0.15) is 6.04 Å². The van der Waals surface area contributed by atoms with Crippen LogP contribution in [0.5, 0.6) is 0 Å². The number of benzene rings is 1. The number of carbonyl (C=O) groups excluding carboxylic acids is 1. The summed E-state index contributed by atoms with van der Waals surface area (Å²) in [4.78, 5) is 31.9. The fourth-order valence-electron chi connectivity index (χ4n) is 3.17. The molecule has 1 aliphatic rings. The lowest BCUT2D eigenvalue weighted by Crippen LogP contribution is -2.56. The predicted octanol–water partition coefficient (Wildman–Crippen LogP) is 5.43. The van der Waals surface area contributed by atoms with Crippen LogP contribution in [0.25, 0.3) is 11.3 Å². The normalized spacial score (nSPS) is 15.3. The second kappa shape index (κ2) is 15.2. The maximum Gasteiger partial charge on any atom is 0.328 e. The molecule has 1 fully saturated rings. The molecular formula is C24H36Cl2N4O3S. The molecule has 1 aliphatic heterocycles. The Balaban J connectivity index is 0.000000872. The number of rotatable bonds is 7. The Morgan fingerprint density at radius 2 is 1.94 bits per heavy atom. The molecule has 0 aliphatic carbocycles. The van der Waals surface area contributed by atoms with E-state index in [1.54, 1.807) is 23.5 Å². The molecule has 7 nitrogen and oxygen atoms in total. The lowest BCUT2D eigenvalue weighted by Gasteiger charge is -2.37. The molecule has 1 aromatic carbocycles. The second-order valence-corrected chi connectivity index (χ2v) is 9.80. The number of carboxylic acid groups (broad SMARTS) is 1. The maximum absolute atomic E-state index is 11.5. The van der Waals surface area contributed by atoms with E-state index in [1.165, 1.54) is 4.90 Å². The van der Waals surface area contributed by atoms with Crippen LogP contribution in [0.2, 0.25) is 10.0 Å². The van der Waals surface area contributed by atoms with Crippen molar-refractivity contribution < 1.29 is 14.7 Å². The van der Waals surface area contributed by atoms with Crippen LogP contribution < -0.4 is 10.6 Å². The molecular weight excluding hydrogens is 495 g/mol. The van der Waals surface area contributed by atoms with Crippen molar-refractivity contribution in [3.8, 4) is 11.3 Å². The topological polar surface area (TPSA) is 99.8 Å². The number of anilines is 1. The average Bonchev–Trinajstić information content (AvgIpc) is 3.24. The molecule has 10 heteroatoms. The van der Waals surface area contributed by atoms with Gasteiger partial charge in [0.05, 0.1) is 22.3 Å². The van der Waals surface area contributed by atoms with Gasteiger partial charge in [0.25, 0.3) is 0 Å². The van der Waals surface area contributed by atoms with Gasteiger partial charge in [-0.05, 0) is 37.4 Å². The molecule has 1 unspecified atom stereocenters. The minimum absolute atomic E-state index is 0.212. The summed E-state index contributed by atoms with van der Waals surface area (Å²) < 4.78 is 0. The lowest BCUT2D eigenvalue weighted by molar-refractivity contribution is -0.146. The summed E-state index contributed by atoms with van der Waals surface area (Å²) in [6.45, 7) is 12.3. The molecule has 0 radical (unpaired) electrons. The van der Waals surface area contributed by atoms with Crippen LogP contribution in [0, 0.1) is 5.92 Å². The van der Waals surface area contributed by atoms with Crippen LogP contribution in [-0.4, -0.2) is 59.6 Å². The summed E-state index contributed by atoms with van der Waals surface area (Å²) in [5.74, 6) is -0.575. The number of carboxylic acids is 1. The van der Waals surface area contributed by atoms with Crippen molar-refractivity contribution in [1.82, 2.24) is 9.88 Å². The quantitative estimate of drug-likeness (QED) is 0.463. The molecule has 1 aromatic heterocycles. The van der Waals surface area contributed by atoms with E-state index in [0.29, 0.717) is 35.5 Å². The summed E-state index contributed by atoms with van der Waals surface area (Å²) in [6.07, 6.45) is 2.55. The Morgan fingerprint density at radius 1 is 1.29 bits per heavy atom. The smallest absolute Gasteiger partial charge is 0.328 e. The molecule has 2 aromatic rings. The van der Waals surface area contributed by atoms with E-state index in [9.17, 15) is 14.7 Å². The summed E-state index contributed by atoms with van der Waals surface area (Å²) in [6, 6.07) is 4.57. The van der Waals surface area contributed by atoms with Gasteiger partial charge >= 0.3 is 5.97 Å². The molecule has 0 saturated carbocycles. The number of amides is 1. The fraction of sp³-hybridized carbons (Fsp3) is 0.542. The van der Waals surface area contributed by atoms with Crippen molar-refractivity contribution >= 4 is 52.0 Å². The summed E-state index contributed by atoms with van der Waals surface area (Å²) in [7, 11) is 0. The Labute approximate surface area is 216 Å². The summed E-state index contributed by atoms with van der Waals surface area (Å²) in [5, 5.41) is 11.2. The lowest BCUT2D eigenvalue weighted by atomic mass is 10.0. The zero-order valence-electron chi connectivity index (χ0n) is 20.6. The number of carbonyl (C=O) groups is 2. The first-order valence-electron chi connectivity index (χ1n) is 11.6. The predicted molar refractivity (Wildman–Crippen MR) is 143 cm³/mol. The van der Waals surface area contributed by atoms with Gasteiger partial charge in [-0.2, -0.15) is 0 Å². The van der Waals surface area contributed by atoms with Crippen molar-refractivity contribution in [2.45, 2.75) is 53.5 Å². The number of hydrogen-bond acceptors (Lipinski definition) is 6. The van der Waals surface area contributed by atoms with E-state index in [0.717, 1.165) is 40.7 Å². The highest BCUT2D eigenvalue weighted by Crippen LogP contribution is 2.37. The fourth-order valence-corrected chi connectivity index (χ4v) is 4.80. The van der Waals surface area contributed by atoms with Gasteiger partial charge in [-0.1, -0.05) is 63.9 Å². The number of nitrogens with zero attached hydrogens (tertiary/aromatic N) is 3. The molecule has 1 atom stereocenters. The zero-order chi connectivity index (χ0) is 25.8. The Morgan fingerprint density at radius 3 is 2.44 bits per heavy atom. The minimum Gasteiger partial charge on any atom is -0.480 e. The Bertz CT molecular complexity index is 922. The van der Waals surface area contributed by atoms with Crippen LogP contribution in [0.1, 0.15) is 45.9 Å². The van der Waals surface area contributed by atoms with E-state index < -0.39 is 12.0 Å². The summed E-state index contributed by atoms with van der Waals surface area (Å²) in [5.41, 5.74) is 6.76. The number of aromatic nitrogens is 1. The third-order valence-corrected chi connectivity index (χ3v) is 6.75. The molecule has 1 amide bonds. The van der Waals surface area contributed by atoms with Crippen LogP contribution in [0.4, 0.5) is 5.13 Å². The van der Waals surface area contributed by atoms with Crippen LogP contribution in [0.3, 0.4) is 0 Å². The van der Waals surface area contributed by atoms with Gasteiger partial charge in [0.2, 0.25) is 6.41 Å². The third kappa shape index (κ3) is 8.41. The monoisotopic (exact) mass is 530 g/mol. The van der Waals surface area contributed by atoms with Crippen molar-refractivity contribution in [2.75, 3.05) is 31.1 Å². The van der Waals surface area contributed by atoms with Crippen molar-refractivity contribution in [3.63, 3.8) is 0 Å². The third-order valence-electron chi connectivity index (χ3n) is 4.87. The van der Waals surface area contributed by atoms with Crippen LogP contribution in [0.15, 0.2) is 18.2 Å². The molecule has 3 N–H and O–H groups in total. The molecule has 3 rings (SSSR count). The van der Waals surface area contributed by atoms with E-state index in [1.807, 2.05) is 24.8 Å². The van der Waals surface area contributed by atoms with Gasteiger partial charge in [0.15, 0.2) is 5.13 Å². The standard InChI is InChI=1S/C19H21Cl2N3O3S.C3H9N.C2H6/c1-11(2)7-16-17(12-3-4-13(20)14(21)8-12)22-19(28-16)23-5-6-24(10-25)15(9-23)18(26)27;1-2-3-4;1-2/h3-4,8,10-11,15H,5-7,9H2,1-2H3,(H,26,27);2-4H2,1H3;1-2H3. The molecule has 2 heterocycles. The van der Waals surface area contributed by atoms with Crippen molar-refractivity contribution in [2.24, 2.45) is 11.7 Å². The Hall–Kier alpha value is -1.87. The molecule has 0 spiro atoms. The van der Waals surface area contributed by atoms with E-state index in [4.69, 9.17) is 33.9 Å². The number of nitrogens with two attached hydrogens (primary N) is 1. The van der Waals surface area contributed by atoms with Crippen molar-refractivity contribution in [1.29, 1.82) is 0 Å². The number of piperazine rings is 1. The van der Waals surface area contributed by atoms with E-state index in [2.05, 4.69) is 20.8 Å². The van der Waals surface area contributed by atoms with Gasteiger partial charge in [0, 0.05) is 23.5 Å². The maximum atomic E-state index is 11.5. The number of aliphatic carboxylic acids is 1. The van der Waals surface area contributed by atoms with Gasteiger partial charge in [-0.25, -0.2) is 9.78 Å². The molecule has 0 bridgehead atoms. The number of halogens is 2. The first-order valence-corrected chi connectivity index (χ1v) is 13.1. The molecule has 1 saturated heterocycles. The van der Waals surface area contributed by atoms with Crippen LogP contribution >= 0.6 is 34.5 Å². The Kier molecular flexibility index (Phi) is 13.5. The van der Waals surface area contributed by atoms with Crippen LogP contribution in [-0.2, 0) is 16.0 Å². The molecule has 190 valence electrons. The highest BCUT2D eigenvalue weighted by atomic mass is 35.5. The van der Waals surface area contributed by atoms with E-state index in [-0.39, 0.29) is 6.54 Å². The highest BCUT2D eigenvalue weighted by Gasteiger charge is 2.33. The van der Waals surface area contributed by atoms with Gasteiger partial charge in [-0.15, -0.1) is 11.3 Å². The second-order valence-electron chi connectivity index (χ2n) is 7.93. The highest BCUT2D eigenvalue weighted by molar-refractivity contribution is 7.16. The van der Waals surface area contributed by atoms with Gasteiger partial charge < -0.3 is 20.6 Å². The average molecular weight is 532 g/mol. The first kappa shape index (κ1) is 30.2. The summed E-state index contributed by atoms with van der Waals surface area (Å²) >= 11 is 13.8. The first-order chi connectivity index (χ1) is 16.2. The van der Waals surface area contributed by atoms with Gasteiger partial charge in [-0.3, -0.25) is 4.79 Å². The SMILES string of the molecule is CC.CC(C)Cc1sc(N2CCN(C=O)C(C(=O)O)C2)nc1-c1ccc(Cl)c(Cl)c1.CCCN. The van der Waals surface area contributed by atoms with E-state index >= 15 is 0 Å². The minimum atomic E-state index is -1.01. The number of hydrogen-bond donors (Lipinski definition) is 2. The van der Waals surface area contributed by atoms with Crippen molar-refractivity contribution in [3.05, 3.63) is 33.1 Å². The zero-order valence-corrected chi connectivity index (χ0v) is 22.9. The number of thiazole rings is 1.